The Balaban J connectivity index is 1.01. The molecule has 0 atom stereocenters. The first kappa shape index (κ1) is 33.8. The van der Waals surface area contributed by atoms with Gasteiger partial charge in [-0.05, 0) is 103 Å². The normalized spacial score (nSPS) is 11.1. The highest BCUT2D eigenvalue weighted by Gasteiger charge is 2.16. The van der Waals surface area contributed by atoms with Gasteiger partial charge in [0.15, 0.2) is 11.6 Å². The molecule has 0 spiro atoms. The van der Waals surface area contributed by atoms with Crippen LogP contribution in [0.5, 0.6) is 11.5 Å². The first-order valence-corrected chi connectivity index (χ1v) is 16.8. The zero-order valence-corrected chi connectivity index (χ0v) is 27.1. The van der Waals surface area contributed by atoms with Crippen molar-refractivity contribution in [3.05, 3.63) is 132 Å². The number of aryl methyl sites for hydroxylation is 1. The Bertz CT molecular complexity index is 1660. The van der Waals surface area contributed by atoms with Gasteiger partial charge >= 0.3 is 0 Å². The predicted molar refractivity (Wildman–Crippen MR) is 186 cm³/mol. The van der Waals surface area contributed by atoms with Crippen molar-refractivity contribution >= 4 is 0 Å². The number of ether oxygens (including phenoxy) is 2. The zero-order valence-electron chi connectivity index (χ0n) is 27.1. The van der Waals surface area contributed by atoms with Crippen LogP contribution in [0.1, 0.15) is 63.9 Å². The molecule has 5 aromatic carbocycles. The van der Waals surface area contributed by atoms with Crippen molar-refractivity contribution in [1.82, 2.24) is 0 Å². The Hall–Kier alpha value is -4.51. The number of unbranched alkanes of at least 4 members (excludes halogenated alkanes) is 6. The molecule has 47 heavy (non-hydrogen) atoms. The molecule has 0 aliphatic rings. The molecule has 0 bridgehead atoms. The highest BCUT2D eigenvalue weighted by molar-refractivity contribution is 5.72. The summed E-state index contributed by atoms with van der Waals surface area (Å²) in [5.41, 5.74) is 4.99. The smallest absolute Gasteiger partial charge is 0.167 e. The largest absolute Gasteiger partial charge is 0.494 e. The summed E-state index contributed by atoms with van der Waals surface area (Å²) in [7, 11) is 0. The quantitative estimate of drug-likeness (QED) is 0.0946. The second-order valence-electron chi connectivity index (χ2n) is 12.0. The molecule has 0 saturated heterocycles. The monoisotopic (exact) mass is 636 g/mol. The summed E-state index contributed by atoms with van der Waals surface area (Å²) in [4.78, 5) is 0. The van der Waals surface area contributed by atoms with Gasteiger partial charge in [-0.3, -0.25) is 0 Å². The van der Waals surface area contributed by atoms with Crippen molar-refractivity contribution in [3.8, 4) is 44.9 Å². The Morgan fingerprint density at radius 1 is 0.426 bits per heavy atom. The van der Waals surface area contributed by atoms with Crippen molar-refractivity contribution in [2.24, 2.45) is 0 Å². The average molecular weight is 637 g/mol. The molecule has 0 radical (unpaired) electrons. The molecule has 5 rings (SSSR count). The predicted octanol–water partition coefficient (Wildman–Crippen LogP) is 12.2. The van der Waals surface area contributed by atoms with Crippen molar-refractivity contribution in [1.29, 1.82) is 0 Å². The van der Waals surface area contributed by atoms with Crippen LogP contribution in [0, 0.1) is 17.5 Å². The Labute approximate surface area is 277 Å². The summed E-state index contributed by atoms with van der Waals surface area (Å²) in [5, 5.41) is 0. The fourth-order valence-electron chi connectivity index (χ4n) is 5.66. The minimum atomic E-state index is -0.842. The van der Waals surface area contributed by atoms with Gasteiger partial charge in [0, 0.05) is 11.1 Å². The van der Waals surface area contributed by atoms with Gasteiger partial charge in [-0.1, -0.05) is 99.0 Å². The molecular weight excluding hydrogens is 593 g/mol. The van der Waals surface area contributed by atoms with E-state index in [2.05, 4.69) is 6.92 Å². The molecule has 0 N–H and O–H groups in total. The zero-order chi connectivity index (χ0) is 32.8. The van der Waals surface area contributed by atoms with Crippen LogP contribution < -0.4 is 9.47 Å². The van der Waals surface area contributed by atoms with Crippen LogP contribution in [0.2, 0.25) is 0 Å². The van der Waals surface area contributed by atoms with Gasteiger partial charge < -0.3 is 9.47 Å². The average Bonchev–Trinajstić information content (AvgIpc) is 3.10. The van der Waals surface area contributed by atoms with E-state index in [-0.39, 0.29) is 16.9 Å². The summed E-state index contributed by atoms with van der Waals surface area (Å²) in [6.45, 7) is 3.42. The SMILES string of the molecule is CCCCCCc1ccc(-c2ccc(-c3ccc(OCCCCCCOc4ccc(-c5ccc(F)cc5)cc4)cc3)c(F)c2F)cc1. The number of rotatable bonds is 17. The van der Waals surface area contributed by atoms with Gasteiger partial charge in [0.1, 0.15) is 17.3 Å². The summed E-state index contributed by atoms with van der Waals surface area (Å²) in [6, 6.07) is 32.5. The molecule has 0 aliphatic heterocycles. The van der Waals surface area contributed by atoms with Crippen LogP contribution in [0.4, 0.5) is 13.2 Å². The standard InChI is InChI=1S/C42H43F3O2/c1-2-3-4-7-10-31-11-13-34(14-12-31)39-27-28-40(42(45)41(39)44)35-19-25-38(26-20-35)47-30-9-6-5-8-29-46-37-23-17-33(18-24-37)32-15-21-36(43)22-16-32/h11-28H,2-10,29-30H2,1H3. The molecular formula is C42H43F3O2. The third kappa shape index (κ3) is 9.74. The lowest BCUT2D eigenvalue weighted by molar-refractivity contribution is 0.287. The van der Waals surface area contributed by atoms with Gasteiger partial charge in [0.2, 0.25) is 0 Å². The third-order valence-corrected chi connectivity index (χ3v) is 8.44. The molecule has 244 valence electrons. The summed E-state index contributed by atoms with van der Waals surface area (Å²) in [6.07, 6.45) is 9.71. The summed E-state index contributed by atoms with van der Waals surface area (Å²) in [5.74, 6) is -0.393. The van der Waals surface area contributed by atoms with E-state index >= 15 is 8.78 Å². The summed E-state index contributed by atoms with van der Waals surface area (Å²) >= 11 is 0. The first-order chi connectivity index (χ1) is 23.0. The van der Waals surface area contributed by atoms with Crippen LogP contribution in [0.15, 0.2) is 109 Å². The van der Waals surface area contributed by atoms with Crippen molar-refractivity contribution in [3.63, 3.8) is 0 Å². The highest BCUT2D eigenvalue weighted by Crippen LogP contribution is 2.32. The van der Waals surface area contributed by atoms with Crippen LogP contribution >= 0.6 is 0 Å². The van der Waals surface area contributed by atoms with Crippen LogP contribution in [0.25, 0.3) is 33.4 Å². The summed E-state index contributed by atoms with van der Waals surface area (Å²) < 4.78 is 55.3. The lowest BCUT2D eigenvalue weighted by atomic mass is 9.97. The van der Waals surface area contributed by atoms with E-state index in [1.54, 1.807) is 48.5 Å². The fourth-order valence-corrected chi connectivity index (χ4v) is 5.66. The second kappa shape index (κ2) is 17.4. The molecule has 5 heteroatoms. The topological polar surface area (TPSA) is 18.5 Å². The minimum absolute atomic E-state index is 0.233. The van der Waals surface area contributed by atoms with E-state index < -0.39 is 11.6 Å². The molecule has 0 fully saturated rings. The van der Waals surface area contributed by atoms with E-state index in [0.29, 0.717) is 30.1 Å². The molecule has 0 aromatic heterocycles. The maximum atomic E-state index is 15.2. The van der Waals surface area contributed by atoms with E-state index in [1.807, 2.05) is 48.5 Å². The van der Waals surface area contributed by atoms with Crippen molar-refractivity contribution in [2.75, 3.05) is 13.2 Å². The molecule has 0 heterocycles. The number of benzene rings is 5. The van der Waals surface area contributed by atoms with Crippen LogP contribution in [-0.4, -0.2) is 13.2 Å². The fraction of sp³-hybridized carbons (Fsp3) is 0.286. The van der Waals surface area contributed by atoms with E-state index in [9.17, 15) is 4.39 Å². The molecule has 0 amide bonds. The third-order valence-electron chi connectivity index (χ3n) is 8.44. The number of hydrogen-bond donors (Lipinski definition) is 0. The maximum Gasteiger partial charge on any atom is 0.167 e. The first-order valence-electron chi connectivity index (χ1n) is 16.8. The van der Waals surface area contributed by atoms with Gasteiger partial charge in [-0.2, -0.15) is 0 Å². The highest BCUT2D eigenvalue weighted by atomic mass is 19.2. The molecule has 0 unspecified atom stereocenters. The van der Waals surface area contributed by atoms with E-state index in [1.165, 1.54) is 37.0 Å². The number of halogens is 3. The second-order valence-corrected chi connectivity index (χ2v) is 12.0. The molecule has 0 saturated carbocycles. The Morgan fingerprint density at radius 2 is 0.851 bits per heavy atom. The Kier molecular flexibility index (Phi) is 12.5. The molecule has 2 nitrogen and oxygen atoms in total. The lowest BCUT2D eigenvalue weighted by Gasteiger charge is -2.11. The van der Waals surface area contributed by atoms with Crippen molar-refractivity contribution < 1.29 is 22.6 Å². The van der Waals surface area contributed by atoms with Gasteiger partial charge in [0.05, 0.1) is 13.2 Å². The van der Waals surface area contributed by atoms with Crippen LogP contribution in [0.3, 0.4) is 0 Å². The van der Waals surface area contributed by atoms with E-state index in [0.717, 1.165) is 55.4 Å². The Morgan fingerprint density at radius 3 is 1.34 bits per heavy atom. The van der Waals surface area contributed by atoms with Gasteiger partial charge in [-0.25, -0.2) is 13.2 Å². The van der Waals surface area contributed by atoms with Crippen LogP contribution in [-0.2, 0) is 6.42 Å². The van der Waals surface area contributed by atoms with Gasteiger partial charge in [-0.15, -0.1) is 0 Å². The van der Waals surface area contributed by atoms with Crippen molar-refractivity contribution in [2.45, 2.75) is 64.7 Å². The van der Waals surface area contributed by atoms with Gasteiger partial charge in [0.25, 0.3) is 0 Å². The maximum absolute atomic E-state index is 15.2. The molecule has 0 aliphatic carbocycles. The van der Waals surface area contributed by atoms with E-state index in [4.69, 9.17) is 9.47 Å². The molecule has 5 aromatic rings. The minimum Gasteiger partial charge on any atom is -0.494 e. The lowest BCUT2D eigenvalue weighted by Crippen LogP contribution is -2.00. The number of hydrogen-bond acceptors (Lipinski definition) is 2.